The van der Waals surface area contributed by atoms with E-state index in [2.05, 4.69) is 44.0 Å². The molecule has 22 heavy (non-hydrogen) atoms. The van der Waals surface area contributed by atoms with Crippen molar-refractivity contribution >= 4 is 11.0 Å². The summed E-state index contributed by atoms with van der Waals surface area (Å²) in [5.41, 5.74) is 3.98. The van der Waals surface area contributed by atoms with Gasteiger partial charge in [0.2, 0.25) is 0 Å². The maximum atomic E-state index is 4.62. The third kappa shape index (κ3) is 3.04. The molecular weight excluding hydrogens is 272 g/mol. The molecule has 0 saturated carbocycles. The summed E-state index contributed by atoms with van der Waals surface area (Å²) in [4.78, 5) is 12.6. The lowest BCUT2D eigenvalue weighted by atomic mass is 10.2. The van der Waals surface area contributed by atoms with Crippen LogP contribution < -0.4 is 0 Å². The highest BCUT2D eigenvalue weighted by molar-refractivity contribution is 5.76. The summed E-state index contributed by atoms with van der Waals surface area (Å²) >= 11 is 0. The zero-order chi connectivity index (χ0) is 15.4. The van der Waals surface area contributed by atoms with E-state index in [1.807, 2.05) is 25.1 Å². The number of aryl methyl sites for hydroxylation is 1. The number of nitrogens with zero attached hydrogens (tertiary/aromatic N) is 4. The zero-order valence-corrected chi connectivity index (χ0v) is 12.5. The van der Waals surface area contributed by atoms with Crippen LogP contribution in [0.25, 0.3) is 11.0 Å². The molecule has 108 valence electrons. The zero-order valence-electron chi connectivity index (χ0n) is 12.5. The lowest BCUT2D eigenvalue weighted by Gasteiger charge is -2.05. The summed E-state index contributed by atoms with van der Waals surface area (Å²) in [6, 6.07) is 8.07. The molecule has 0 saturated heterocycles. The molecule has 0 aliphatic carbocycles. The second-order valence-corrected chi connectivity index (χ2v) is 5.16. The molecule has 2 heterocycles. The van der Waals surface area contributed by atoms with E-state index in [0.29, 0.717) is 0 Å². The van der Waals surface area contributed by atoms with Gasteiger partial charge in [0.1, 0.15) is 6.33 Å². The summed E-state index contributed by atoms with van der Waals surface area (Å²) in [5.74, 6) is 6.96. The van der Waals surface area contributed by atoms with Crippen molar-refractivity contribution in [3.8, 4) is 11.8 Å². The molecule has 2 aromatic heterocycles. The molecule has 0 bridgehead atoms. The molecule has 0 amide bonds. The second-order valence-electron chi connectivity index (χ2n) is 5.16. The molecule has 3 rings (SSSR count). The second kappa shape index (κ2) is 6.23. The van der Waals surface area contributed by atoms with Crippen LogP contribution in [0.4, 0.5) is 0 Å². The van der Waals surface area contributed by atoms with E-state index >= 15 is 0 Å². The first kappa shape index (κ1) is 14.0. The topological polar surface area (TPSA) is 43.6 Å². The summed E-state index contributed by atoms with van der Waals surface area (Å²) in [6.45, 7) is 6.83. The molecule has 0 N–H and O–H groups in total. The van der Waals surface area contributed by atoms with Crippen LogP contribution in [0.15, 0.2) is 55.1 Å². The van der Waals surface area contributed by atoms with E-state index in [0.717, 1.165) is 41.0 Å². The van der Waals surface area contributed by atoms with E-state index in [-0.39, 0.29) is 0 Å². The first-order valence-corrected chi connectivity index (χ1v) is 7.11. The number of aromatic nitrogens is 4. The van der Waals surface area contributed by atoms with E-state index in [9.17, 15) is 0 Å². The number of allylic oxidation sites excluding steroid dienone is 1. The van der Waals surface area contributed by atoms with Crippen molar-refractivity contribution in [2.75, 3.05) is 0 Å². The minimum Gasteiger partial charge on any atom is -0.317 e. The Morgan fingerprint density at radius 3 is 2.73 bits per heavy atom. The smallest absolute Gasteiger partial charge is 0.186 e. The van der Waals surface area contributed by atoms with Crippen LogP contribution in [-0.2, 0) is 6.54 Å². The largest absolute Gasteiger partial charge is 0.317 e. The third-order valence-corrected chi connectivity index (χ3v) is 3.30. The van der Waals surface area contributed by atoms with Crippen LogP contribution in [0.2, 0.25) is 0 Å². The van der Waals surface area contributed by atoms with Gasteiger partial charge in [-0.2, -0.15) is 0 Å². The minimum atomic E-state index is 0.756. The van der Waals surface area contributed by atoms with E-state index in [1.165, 1.54) is 6.33 Å². The maximum absolute atomic E-state index is 4.62. The molecule has 4 heteroatoms. The number of benzene rings is 1. The van der Waals surface area contributed by atoms with Crippen LogP contribution >= 0.6 is 0 Å². The lowest BCUT2D eigenvalue weighted by molar-refractivity contribution is 0.704. The van der Waals surface area contributed by atoms with Gasteiger partial charge in [-0.25, -0.2) is 15.0 Å². The van der Waals surface area contributed by atoms with Crippen LogP contribution in [0.3, 0.4) is 0 Å². The molecule has 0 fully saturated rings. The fourth-order valence-electron chi connectivity index (χ4n) is 2.19. The van der Waals surface area contributed by atoms with Gasteiger partial charge in [0, 0.05) is 18.9 Å². The Bertz CT molecular complexity index is 866. The summed E-state index contributed by atoms with van der Waals surface area (Å²) < 4.78 is 2.14. The summed E-state index contributed by atoms with van der Waals surface area (Å²) in [6.07, 6.45) is 5.79. The standard InChI is InChI=1S/C18H16N4/c1-14(2)9-10-22-17-6-4-3-5-16(17)21-18(22)8-7-15-11-19-13-20-12-15/h3-6,11-13H,1,9-10H2,2H3. The van der Waals surface area contributed by atoms with Crippen molar-refractivity contribution in [3.63, 3.8) is 0 Å². The number of hydrogen-bond acceptors (Lipinski definition) is 3. The Balaban J connectivity index is 2.03. The fraction of sp³-hybridized carbons (Fsp3) is 0.167. The average Bonchev–Trinajstić information content (AvgIpc) is 2.89. The van der Waals surface area contributed by atoms with E-state index in [1.54, 1.807) is 12.4 Å². The van der Waals surface area contributed by atoms with E-state index in [4.69, 9.17) is 0 Å². The Hall–Kier alpha value is -2.93. The van der Waals surface area contributed by atoms with E-state index < -0.39 is 0 Å². The highest BCUT2D eigenvalue weighted by atomic mass is 15.1. The van der Waals surface area contributed by atoms with Gasteiger partial charge in [-0.3, -0.25) is 0 Å². The number of rotatable bonds is 3. The number of para-hydroxylation sites is 2. The van der Waals surface area contributed by atoms with Crippen LogP contribution in [0.1, 0.15) is 24.7 Å². The molecule has 4 nitrogen and oxygen atoms in total. The minimum absolute atomic E-state index is 0.756. The van der Waals surface area contributed by atoms with Gasteiger partial charge >= 0.3 is 0 Å². The molecule has 1 aromatic carbocycles. The van der Waals surface area contributed by atoms with Crippen molar-refractivity contribution in [1.29, 1.82) is 0 Å². The van der Waals surface area contributed by atoms with Crippen LogP contribution in [-0.4, -0.2) is 19.5 Å². The van der Waals surface area contributed by atoms with Gasteiger partial charge in [-0.15, -0.1) is 6.58 Å². The lowest BCUT2D eigenvalue weighted by Crippen LogP contribution is -2.01. The van der Waals surface area contributed by atoms with Gasteiger partial charge in [0.15, 0.2) is 5.82 Å². The third-order valence-electron chi connectivity index (χ3n) is 3.30. The average molecular weight is 288 g/mol. The van der Waals surface area contributed by atoms with Crippen molar-refractivity contribution in [2.45, 2.75) is 19.9 Å². The van der Waals surface area contributed by atoms with Crippen molar-refractivity contribution in [1.82, 2.24) is 19.5 Å². The van der Waals surface area contributed by atoms with Gasteiger partial charge in [-0.05, 0) is 31.4 Å². The molecule has 0 spiro atoms. The van der Waals surface area contributed by atoms with Gasteiger partial charge in [-0.1, -0.05) is 23.6 Å². The molecule has 0 aliphatic rings. The van der Waals surface area contributed by atoms with Gasteiger partial charge < -0.3 is 4.57 Å². The quantitative estimate of drug-likeness (QED) is 0.549. The molecule has 3 aromatic rings. The van der Waals surface area contributed by atoms with Crippen molar-refractivity contribution in [3.05, 3.63) is 66.5 Å². The first-order valence-electron chi connectivity index (χ1n) is 7.11. The van der Waals surface area contributed by atoms with Gasteiger partial charge in [0.05, 0.1) is 16.6 Å². The Labute approximate surface area is 129 Å². The predicted octanol–water partition coefficient (Wildman–Crippen LogP) is 3.19. The Kier molecular flexibility index (Phi) is 3.97. The molecule has 0 aliphatic heterocycles. The number of fused-ring (bicyclic) bond motifs is 1. The number of imidazole rings is 1. The fourth-order valence-corrected chi connectivity index (χ4v) is 2.19. The highest BCUT2D eigenvalue weighted by Crippen LogP contribution is 2.17. The normalized spacial score (nSPS) is 10.2. The SMILES string of the molecule is C=C(C)CCn1c(C#Cc2cncnc2)nc2ccccc21. The number of hydrogen-bond donors (Lipinski definition) is 0. The van der Waals surface area contributed by atoms with Crippen LogP contribution in [0.5, 0.6) is 0 Å². The maximum Gasteiger partial charge on any atom is 0.186 e. The van der Waals surface area contributed by atoms with Crippen molar-refractivity contribution in [2.24, 2.45) is 0 Å². The summed E-state index contributed by atoms with van der Waals surface area (Å²) in [5, 5.41) is 0. The molecule has 0 atom stereocenters. The predicted molar refractivity (Wildman–Crippen MR) is 87.2 cm³/mol. The Morgan fingerprint density at radius 1 is 1.18 bits per heavy atom. The monoisotopic (exact) mass is 288 g/mol. The van der Waals surface area contributed by atoms with Gasteiger partial charge in [0.25, 0.3) is 0 Å². The molecular formula is C18H16N4. The van der Waals surface area contributed by atoms with Crippen molar-refractivity contribution < 1.29 is 0 Å². The Morgan fingerprint density at radius 2 is 1.95 bits per heavy atom. The molecule has 0 radical (unpaired) electrons. The summed E-state index contributed by atoms with van der Waals surface area (Å²) in [7, 11) is 0. The highest BCUT2D eigenvalue weighted by Gasteiger charge is 2.08. The first-order chi connectivity index (χ1) is 10.7. The van der Waals surface area contributed by atoms with Crippen LogP contribution in [0, 0.1) is 11.8 Å². The molecule has 0 unspecified atom stereocenters.